The van der Waals surface area contributed by atoms with E-state index in [9.17, 15) is 0 Å². The van der Waals surface area contributed by atoms with Crippen molar-refractivity contribution in [2.45, 2.75) is 0 Å². The van der Waals surface area contributed by atoms with Gasteiger partial charge in [0.15, 0.2) is 0 Å². The van der Waals surface area contributed by atoms with Gasteiger partial charge in [-0.1, -0.05) is 12.1 Å². The minimum atomic E-state index is 0. The predicted octanol–water partition coefficient (Wildman–Crippen LogP) is 1.65. The molecule has 1 aromatic carbocycles. The minimum absolute atomic E-state index is 0. The Bertz CT molecular complexity index is 347. The summed E-state index contributed by atoms with van der Waals surface area (Å²) in [4.78, 5) is 4.58. The van der Waals surface area contributed by atoms with Crippen molar-refractivity contribution in [1.82, 2.24) is 4.90 Å². The second-order valence-corrected chi connectivity index (χ2v) is 4.11. The van der Waals surface area contributed by atoms with Crippen LogP contribution in [0.2, 0.25) is 0 Å². The summed E-state index contributed by atoms with van der Waals surface area (Å²) in [5.41, 5.74) is 7.93. The summed E-state index contributed by atoms with van der Waals surface area (Å²) in [7, 11) is 0. The molecule has 1 aromatic rings. The van der Waals surface area contributed by atoms with Crippen LogP contribution >= 0.6 is 37.2 Å². The first-order chi connectivity index (χ1) is 7.81. The lowest BCUT2D eigenvalue weighted by Gasteiger charge is -2.36. The van der Waals surface area contributed by atoms with Gasteiger partial charge in [-0.3, -0.25) is 4.90 Å². The lowest BCUT2D eigenvalue weighted by atomic mass is 10.2. The molecule has 0 aromatic heterocycles. The molecule has 0 radical (unpaired) electrons. The van der Waals surface area contributed by atoms with Gasteiger partial charge in [-0.15, -0.1) is 37.2 Å². The Morgan fingerprint density at radius 3 is 2.11 bits per heavy atom. The maximum atomic E-state index is 8.87. The lowest BCUT2D eigenvalue weighted by Crippen LogP contribution is -2.47. The first-order valence-corrected chi connectivity index (χ1v) is 5.74. The molecule has 0 spiro atoms. The third-order valence-electron chi connectivity index (χ3n) is 3.07. The van der Waals surface area contributed by atoms with Gasteiger partial charge in [0.1, 0.15) is 0 Å². The third-order valence-corrected chi connectivity index (χ3v) is 3.07. The molecule has 1 fully saturated rings. The molecule has 7 heteroatoms. The zero-order valence-electron chi connectivity index (χ0n) is 10.7. The van der Waals surface area contributed by atoms with Crippen LogP contribution in [0.1, 0.15) is 0 Å². The normalized spacial score (nSPS) is 14.9. The fourth-order valence-electron chi connectivity index (χ4n) is 2.13. The molecule has 0 bridgehead atoms. The van der Waals surface area contributed by atoms with E-state index in [4.69, 9.17) is 10.8 Å². The molecule has 1 aliphatic heterocycles. The monoisotopic (exact) mass is 329 g/mol. The Morgan fingerprint density at radius 2 is 1.58 bits per heavy atom. The van der Waals surface area contributed by atoms with Crippen LogP contribution in [0.25, 0.3) is 0 Å². The number of piperazine rings is 1. The van der Waals surface area contributed by atoms with Crippen molar-refractivity contribution in [3.8, 4) is 0 Å². The third kappa shape index (κ3) is 5.63. The molecule has 0 unspecified atom stereocenters. The molecule has 1 aliphatic rings. The van der Waals surface area contributed by atoms with Gasteiger partial charge in [0, 0.05) is 32.7 Å². The predicted molar refractivity (Wildman–Crippen MR) is 88.3 cm³/mol. The highest BCUT2D eigenvalue weighted by Crippen LogP contribution is 2.23. The van der Waals surface area contributed by atoms with Gasteiger partial charge in [-0.05, 0) is 12.1 Å². The molecule has 0 aliphatic carbocycles. The Labute approximate surface area is 133 Å². The first-order valence-electron chi connectivity index (χ1n) is 5.74. The van der Waals surface area contributed by atoms with E-state index in [0.29, 0.717) is 0 Å². The van der Waals surface area contributed by atoms with Crippen LogP contribution in [-0.4, -0.2) is 49.3 Å². The Hall–Kier alpha value is -0.390. The number of hydrogen-bond donors (Lipinski definition) is 2. The average molecular weight is 331 g/mol. The van der Waals surface area contributed by atoms with Crippen LogP contribution < -0.4 is 10.6 Å². The summed E-state index contributed by atoms with van der Waals surface area (Å²) < 4.78 is 0. The highest BCUT2D eigenvalue weighted by Gasteiger charge is 2.17. The Balaban J connectivity index is 0. The van der Waals surface area contributed by atoms with Gasteiger partial charge < -0.3 is 15.7 Å². The van der Waals surface area contributed by atoms with Gasteiger partial charge in [0.05, 0.1) is 18.0 Å². The molecule has 0 saturated carbocycles. The number of aliphatic hydroxyl groups excluding tert-OH is 1. The van der Waals surface area contributed by atoms with Crippen molar-refractivity contribution < 1.29 is 5.11 Å². The lowest BCUT2D eigenvalue weighted by molar-refractivity contribution is 0.189. The fraction of sp³-hybridized carbons (Fsp3) is 0.500. The van der Waals surface area contributed by atoms with Crippen LogP contribution in [0.15, 0.2) is 24.3 Å². The van der Waals surface area contributed by atoms with Crippen LogP contribution in [0.3, 0.4) is 0 Å². The van der Waals surface area contributed by atoms with Gasteiger partial charge >= 0.3 is 0 Å². The topological polar surface area (TPSA) is 52.7 Å². The molecule has 4 nitrogen and oxygen atoms in total. The molecule has 0 atom stereocenters. The highest BCUT2D eigenvalue weighted by molar-refractivity contribution is 5.86. The SMILES string of the molecule is Cl.Cl.Cl.Nc1ccccc1N1CCN(CCO)CC1. The van der Waals surface area contributed by atoms with Gasteiger partial charge in [-0.25, -0.2) is 0 Å². The van der Waals surface area contributed by atoms with E-state index in [2.05, 4.69) is 15.9 Å². The van der Waals surface area contributed by atoms with E-state index >= 15 is 0 Å². The number of hydrogen-bond acceptors (Lipinski definition) is 4. The van der Waals surface area contributed by atoms with Gasteiger partial charge in [0.25, 0.3) is 0 Å². The highest BCUT2D eigenvalue weighted by atomic mass is 35.5. The standard InChI is InChI=1S/C12H19N3O.3ClH/c13-11-3-1-2-4-12(11)15-7-5-14(6-8-15)9-10-16;;;/h1-4,16H,5-10,13H2;3*1H. The fourth-order valence-corrected chi connectivity index (χ4v) is 2.13. The summed E-state index contributed by atoms with van der Waals surface area (Å²) in [6.07, 6.45) is 0. The molecule has 2 rings (SSSR count). The molecular weight excluding hydrogens is 309 g/mol. The molecule has 0 amide bonds. The number of rotatable bonds is 3. The number of β-amino-alcohol motifs (C(OH)–C–C–N with tert-alkyl or cyclic N) is 1. The van der Waals surface area contributed by atoms with Crippen molar-refractivity contribution in [1.29, 1.82) is 0 Å². The van der Waals surface area contributed by atoms with Gasteiger partial charge in [0.2, 0.25) is 0 Å². The Kier molecular flexibility index (Phi) is 11.5. The van der Waals surface area contributed by atoms with Crippen LogP contribution in [0.5, 0.6) is 0 Å². The number of nitrogens with zero attached hydrogens (tertiary/aromatic N) is 2. The zero-order chi connectivity index (χ0) is 11.4. The molecular formula is C12H22Cl3N3O. The smallest absolute Gasteiger partial charge is 0.0600 e. The number of aliphatic hydroxyl groups is 1. The van der Waals surface area contributed by atoms with Crippen molar-refractivity contribution >= 4 is 48.6 Å². The van der Waals surface area contributed by atoms with Crippen LogP contribution in [0.4, 0.5) is 11.4 Å². The van der Waals surface area contributed by atoms with Crippen LogP contribution in [0, 0.1) is 0 Å². The van der Waals surface area contributed by atoms with E-state index in [1.165, 1.54) is 0 Å². The van der Waals surface area contributed by atoms with E-state index in [0.717, 1.165) is 44.1 Å². The quantitative estimate of drug-likeness (QED) is 0.828. The van der Waals surface area contributed by atoms with E-state index < -0.39 is 0 Å². The van der Waals surface area contributed by atoms with Crippen molar-refractivity contribution in [3.63, 3.8) is 0 Å². The largest absolute Gasteiger partial charge is 0.397 e. The molecule has 112 valence electrons. The summed E-state index contributed by atoms with van der Waals surface area (Å²) in [6.45, 7) is 4.97. The average Bonchev–Trinajstić information content (AvgIpc) is 2.31. The summed E-state index contributed by atoms with van der Waals surface area (Å²) >= 11 is 0. The van der Waals surface area contributed by atoms with Crippen LogP contribution in [-0.2, 0) is 0 Å². The van der Waals surface area contributed by atoms with Crippen molar-refractivity contribution in [3.05, 3.63) is 24.3 Å². The molecule has 19 heavy (non-hydrogen) atoms. The maximum Gasteiger partial charge on any atom is 0.0600 e. The zero-order valence-corrected chi connectivity index (χ0v) is 13.1. The minimum Gasteiger partial charge on any atom is -0.397 e. The van der Waals surface area contributed by atoms with E-state index in [1.54, 1.807) is 0 Å². The summed E-state index contributed by atoms with van der Waals surface area (Å²) in [5.74, 6) is 0. The number of halogens is 3. The first kappa shape index (κ1) is 20.9. The second-order valence-electron chi connectivity index (χ2n) is 4.11. The van der Waals surface area contributed by atoms with Gasteiger partial charge in [-0.2, -0.15) is 0 Å². The molecule has 1 saturated heterocycles. The van der Waals surface area contributed by atoms with Crippen molar-refractivity contribution in [2.24, 2.45) is 0 Å². The van der Waals surface area contributed by atoms with E-state index in [1.807, 2.05) is 18.2 Å². The second kappa shape index (κ2) is 10.4. The van der Waals surface area contributed by atoms with Crippen molar-refractivity contribution in [2.75, 3.05) is 50.0 Å². The number of nitrogen functional groups attached to an aromatic ring is 1. The molecule has 1 heterocycles. The maximum absolute atomic E-state index is 8.87. The number of nitrogens with two attached hydrogens (primary N) is 1. The molecule has 3 N–H and O–H groups in total. The Morgan fingerprint density at radius 1 is 1.00 bits per heavy atom. The number of para-hydroxylation sites is 2. The summed E-state index contributed by atoms with van der Waals surface area (Å²) in [6, 6.07) is 7.99. The summed E-state index contributed by atoms with van der Waals surface area (Å²) in [5, 5.41) is 8.87. The number of benzene rings is 1. The van der Waals surface area contributed by atoms with E-state index in [-0.39, 0.29) is 43.8 Å². The number of anilines is 2.